The van der Waals surface area contributed by atoms with Crippen LogP contribution in [-0.2, 0) is 22.5 Å². The van der Waals surface area contributed by atoms with Gasteiger partial charge in [0.2, 0.25) is 0 Å². The van der Waals surface area contributed by atoms with Crippen LogP contribution in [0.25, 0.3) is 0 Å². The minimum absolute atomic E-state index is 0.132. The van der Waals surface area contributed by atoms with Crippen LogP contribution in [0.4, 0.5) is 0 Å². The molecule has 3 heteroatoms. The first-order valence-electron chi connectivity index (χ1n) is 7.91. The number of rotatable bonds is 8. The zero-order chi connectivity index (χ0) is 15.7. The van der Waals surface area contributed by atoms with Crippen molar-refractivity contribution < 1.29 is 9.53 Å². The number of aryl methyl sites for hydroxylation is 1. The smallest absolute Gasteiger partial charge is 0.306 e. The molecule has 0 saturated heterocycles. The summed E-state index contributed by atoms with van der Waals surface area (Å²) in [6, 6.07) is 8.45. The number of ether oxygens (including phenoxy) is 1. The number of unbranched alkanes of at least 4 members (excludes halogenated alkanes) is 1. The highest BCUT2D eigenvalue weighted by Gasteiger charge is 2.15. The summed E-state index contributed by atoms with van der Waals surface area (Å²) in [7, 11) is 0. The van der Waals surface area contributed by atoms with Crippen molar-refractivity contribution in [2.75, 3.05) is 6.54 Å². The van der Waals surface area contributed by atoms with Crippen molar-refractivity contribution >= 4 is 5.97 Å². The van der Waals surface area contributed by atoms with Crippen LogP contribution >= 0.6 is 0 Å². The van der Waals surface area contributed by atoms with Gasteiger partial charge in [-0.05, 0) is 51.3 Å². The van der Waals surface area contributed by atoms with Gasteiger partial charge in [-0.1, -0.05) is 37.6 Å². The lowest BCUT2D eigenvalue weighted by molar-refractivity contribution is -0.154. The third-order valence-corrected chi connectivity index (χ3v) is 3.10. The SMILES string of the molecule is CCCCNCc1ccc(CCC(=O)OC(C)(C)C)cc1. The fourth-order valence-corrected chi connectivity index (χ4v) is 2.00. The largest absolute Gasteiger partial charge is 0.460 e. The zero-order valence-corrected chi connectivity index (χ0v) is 13.9. The monoisotopic (exact) mass is 291 g/mol. The van der Waals surface area contributed by atoms with Crippen LogP contribution in [-0.4, -0.2) is 18.1 Å². The average molecular weight is 291 g/mol. The van der Waals surface area contributed by atoms with Gasteiger partial charge < -0.3 is 10.1 Å². The Morgan fingerprint density at radius 2 is 1.76 bits per heavy atom. The maximum absolute atomic E-state index is 11.7. The van der Waals surface area contributed by atoms with Crippen molar-refractivity contribution in [2.24, 2.45) is 0 Å². The second-order valence-corrected chi connectivity index (χ2v) is 6.43. The Labute approximate surface area is 129 Å². The van der Waals surface area contributed by atoms with Crippen molar-refractivity contribution in [2.45, 2.75) is 65.5 Å². The lowest BCUT2D eigenvalue weighted by Gasteiger charge is -2.19. The van der Waals surface area contributed by atoms with Crippen LogP contribution in [0.1, 0.15) is 58.1 Å². The third-order valence-electron chi connectivity index (χ3n) is 3.10. The highest BCUT2D eigenvalue weighted by Crippen LogP contribution is 2.11. The lowest BCUT2D eigenvalue weighted by Crippen LogP contribution is -2.24. The van der Waals surface area contributed by atoms with E-state index >= 15 is 0 Å². The number of esters is 1. The van der Waals surface area contributed by atoms with Crippen LogP contribution in [0.2, 0.25) is 0 Å². The van der Waals surface area contributed by atoms with E-state index in [-0.39, 0.29) is 5.97 Å². The summed E-state index contributed by atoms with van der Waals surface area (Å²) >= 11 is 0. The quantitative estimate of drug-likeness (QED) is 0.584. The van der Waals surface area contributed by atoms with Crippen molar-refractivity contribution in [3.8, 4) is 0 Å². The minimum Gasteiger partial charge on any atom is -0.460 e. The highest BCUT2D eigenvalue weighted by atomic mass is 16.6. The third kappa shape index (κ3) is 8.51. The molecule has 0 aliphatic rings. The van der Waals surface area contributed by atoms with E-state index in [0.29, 0.717) is 6.42 Å². The molecule has 0 amide bonds. The van der Waals surface area contributed by atoms with Crippen LogP contribution in [0.5, 0.6) is 0 Å². The van der Waals surface area contributed by atoms with E-state index < -0.39 is 5.60 Å². The predicted octanol–water partition coefficient (Wildman–Crippen LogP) is 3.85. The van der Waals surface area contributed by atoms with Gasteiger partial charge in [-0.15, -0.1) is 0 Å². The summed E-state index contributed by atoms with van der Waals surface area (Å²) in [6.07, 6.45) is 3.61. The van der Waals surface area contributed by atoms with Crippen molar-refractivity contribution in [3.63, 3.8) is 0 Å². The number of nitrogens with one attached hydrogen (secondary N) is 1. The number of hydrogen-bond donors (Lipinski definition) is 1. The summed E-state index contributed by atoms with van der Waals surface area (Å²) in [5.74, 6) is -0.132. The van der Waals surface area contributed by atoms with E-state index in [1.165, 1.54) is 24.0 Å². The molecule has 0 bridgehead atoms. The summed E-state index contributed by atoms with van der Waals surface area (Å²) in [4.78, 5) is 11.7. The first kappa shape index (κ1) is 17.7. The van der Waals surface area contributed by atoms with E-state index in [1.54, 1.807) is 0 Å². The maximum Gasteiger partial charge on any atom is 0.306 e. The second-order valence-electron chi connectivity index (χ2n) is 6.43. The van der Waals surface area contributed by atoms with Crippen molar-refractivity contribution in [1.29, 1.82) is 0 Å². The van der Waals surface area contributed by atoms with Crippen LogP contribution in [0.3, 0.4) is 0 Å². The molecule has 0 atom stereocenters. The molecular weight excluding hydrogens is 262 g/mol. The second kappa shape index (κ2) is 8.83. The summed E-state index contributed by atoms with van der Waals surface area (Å²) in [6.45, 7) is 9.85. The van der Waals surface area contributed by atoms with E-state index in [2.05, 4.69) is 36.5 Å². The molecule has 118 valence electrons. The van der Waals surface area contributed by atoms with E-state index in [0.717, 1.165) is 19.5 Å². The molecule has 0 aliphatic carbocycles. The Bertz CT molecular complexity index is 418. The van der Waals surface area contributed by atoms with Gasteiger partial charge in [0, 0.05) is 13.0 Å². The zero-order valence-electron chi connectivity index (χ0n) is 13.9. The van der Waals surface area contributed by atoms with Gasteiger partial charge in [0.05, 0.1) is 0 Å². The van der Waals surface area contributed by atoms with E-state index in [4.69, 9.17) is 4.74 Å². The molecule has 0 heterocycles. The Hall–Kier alpha value is -1.35. The van der Waals surface area contributed by atoms with Crippen LogP contribution < -0.4 is 5.32 Å². The Balaban J connectivity index is 2.32. The molecule has 0 aliphatic heterocycles. The molecule has 1 N–H and O–H groups in total. The standard InChI is InChI=1S/C18H29NO2/c1-5-6-13-19-14-16-9-7-15(8-10-16)11-12-17(20)21-18(2,3)4/h7-10,19H,5-6,11-14H2,1-4H3. The molecule has 1 rings (SSSR count). The predicted molar refractivity (Wildman–Crippen MR) is 87.2 cm³/mol. The number of carbonyl (C=O) groups is 1. The molecule has 0 saturated carbocycles. The van der Waals surface area contributed by atoms with Crippen LogP contribution in [0, 0.1) is 0 Å². The molecule has 1 aromatic carbocycles. The summed E-state index contributed by atoms with van der Waals surface area (Å²) in [5.41, 5.74) is 2.07. The summed E-state index contributed by atoms with van der Waals surface area (Å²) in [5, 5.41) is 3.42. The van der Waals surface area contributed by atoms with Gasteiger partial charge in [0.1, 0.15) is 5.60 Å². The molecule has 21 heavy (non-hydrogen) atoms. The van der Waals surface area contributed by atoms with Crippen molar-refractivity contribution in [1.82, 2.24) is 5.32 Å². The molecule has 0 fully saturated rings. The number of hydrogen-bond acceptors (Lipinski definition) is 3. The number of carbonyl (C=O) groups excluding carboxylic acids is 1. The Morgan fingerprint density at radius 1 is 1.14 bits per heavy atom. The fourth-order valence-electron chi connectivity index (χ4n) is 2.00. The molecule has 3 nitrogen and oxygen atoms in total. The molecular formula is C18H29NO2. The van der Waals surface area contributed by atoms with Gasteiger partial charge >= 0.3 is 5.97 Å². The Morgan fingerprint density at radius 3 is 2.33 bits per heavy atom. The molecule has 0 aromatic heterocycles. The van der Waals surface area contributed by atoms with Gasteiger partial charge in [0.25, 0.3) is 0 Å². The van der Waals surface area contributed by atoms with Gasteiger partial charge in [-0.3, -0.25) is 4.79 Å². The average Bonchev–Trinajstić information content (AvgIpc) is 2.41. The van der Waals surface area contributed by atoms with Gasteiger partial charge in [0.15, 0.2) is 0 Å². The molecule has 0 unspecified atom stereocenters. The van der Waals surface area contributed by atoms with Crippen LogP contribution in [0.15, 0.2) is 24.3 Å². The lowest BCUT2D eigenvalue weighted by atomic mass is 10.1. The minimum atomic E-state index is -0.398. The fraction of sp³-hybridized carbons (Fsp3) is 0.611. The van der Waals surface area contributed by atoms with Gasteiger partial charge in [-0.2, -0.15) is 0 Å². The molecule has 1 aromatic rings. The number of benzene rings is 1. The van der Waals surface area contributed by atoms with Gasteiger partial charge in [-0.25, -0.2) is 0 Å². The molecule has 0 radical (unpaired) electrons. The first-order valence-corrected chi connectivity index (χ1v) is 7.91. The first-order chi connectivity index (χ1) is 9.90. The van der Waals surface area contributed by atoms with E-state index in [1.807, 2.05) is 20.8 Å². The van der Waals surface area contributed by atoms with Crippen molar-refractivity contribution in [3.05, 3.63) is 35.4 Å². The Kier molecular flexibility index (Phi) is 7.44. The molecule has 0 spiro atoms. The highest BCUT2D eigenvalue weighted by molar-refractivity contribution is 5.70. The van der Waals surface area contributed by atoms with E-state index in [9.17, 15) is 4.79 Å². The topological polar surface area (TPSA) is 38.3 Å². The maximum atomic E-state index is 11.7. The summed E-state index contributed by atoms with van der Waals surface area (Å²) < 4.78 is 5.31. The normalized spacial score (nSPS) is 11.4.